The van der Waals surface area contributed by atoms with Gasteiger partial charge in [0.05, 0.1) is 0 Å². The zero-order valence-corrected chi connectivity index (χ0v) is 46.4. The third kappa shape index (κ3) is 21.9. The summed E-state index contributed by atoms with van der Waals surface area (Å²) in [6.45, 7) is 6.48. The molecule has 0 aliphatic heterocycles. The van der Waals surface area contributed by atoms with Crippen LogP contribution in [0.1, 0.15) is 135 Å². The number of nitrogens with zero attached hydrogens (tertiary/aromatic N) is 2. The molecule has 0 unspecified atom stereocenters. The second-order valence-corrected chi connectivity index (χ2v) is 20.3. The van der Waals surface area contributed by atoms with Crippen molar-refractivity contribution in [3.8, 4) is 0 Å². The van der Waals surface area contributed by atoms with Crippen LogP contribution < -0.4 is 66.3 Å². The van der Waals surface area contributed by atoms with Crippen molar-refractivity contribution in [1.29, 1.82) is 0 Å². The Bertz CT molecular complexity index is 2640. The van der Waals surface area contributed by atoms with Gasteiger partial charge in [-0.2, -0.15) is 0 Å². The van der Waals surface area contributed by atoms with Crippen molar-refractivity contribution in [1.82, 2.24) is 41.9 Å². The lowest BCUT2D eigenvalue weighted by Gasteiger charge is -2.29. The lowest BCUT2D eigenvalue weighted by Crippen LogP contribution is -2.61. The Morgan fingerprint density at radius 1 is 0.506 bits per heavy atom. The predicted molar refractivity (Wildman–Crippen MR) is 310 cm³/mol. The predicted octanol–water partition coefficient (Wildman–Crippen LogP) is 2.25. The van der Waals surface area contributed by atoms with Gasteiger partial charge < -0.3 is 76.3 Å². The van der Waals surface area contributed by atoms with Gasteiger partial charge in [-0.15, -0.1) is 0 Å². The highest BCUT2D eigenvalue weighted by Crippen LogP contribution is 2.22. The van der Waals surface area contributed by atoms with Crippen LogP contribution in [0.2, 0.25) is 0 Å². The van der Waals surface area contributed by atoms with Crippen molar-refractivity contribution in [2.75, 3.05) is 19.6 Å². The lowest BCUT2D eigenvalue weighted by atomic mass is 9.96. The fourth-order valence-electron chi connectivity index (χ4n) is 9.33. The van der Waals surface area contributed by atoms with Gasteiger partial charge >= 0.3 is 0 Å². The highest BCUT2D eigenvalue weighted by atomic mass is 16.2. The minimum atomic E-state index is -1.34. The van der Waals surface area contributed by atoms with Crippen LogP contribution in [-0.2, 0) is 46.4 Å². The molecule has 79 heavy (non-hydrogen) atoms. The number of rotatable bonds is 38. The maximum absolute atomic E-state index is 15.0. The number of amides is 7. The molecule has 0 bridgehead atoms. The molecular formula is C56H88N16O7. The molecule has 2 heterocycles. The number of aromatic nitrogens is 2. The van der Waals surface area contributed by atoms with Gasteiger partial charge in [-0.25, -0.2) is 0 Å². The number of benzene rings is 2. The number of guanidine groups is 2. The molecule has 0 aliphatic carbocycles. The molecular weight excluding hydrogens is 1010 g/mol. The molecule has 4 aromatic rings. The highest BCUT2D eigenvalue weighted by Gasteiger charge is 2.35. The van der Waals surface area contributed by atoms with E-state index in [0.717, 1.165) is 53.9 Å². The van der Waals surface area contributed by atoms with Gasteiger partial charge in [0.2, 0.25) is 41.4 Å². The summed E-state index contributed by atoms with van der Waals surface area (Å²) < 4.78 is 0. The van der Waals surface area contributed by atoms with E-state index in [1.807, 2.05) is 55.5 Å². The average molecular weight is 1100 g/mol. The number of aromatic amines is 2. The number of carbonyl (C=O) groups excluding carboxylic acids is 7. The van der Waals surface area contributed by atoms with Gasteiger partial charge in [0.1, 0.15) is 36.3 Å². The summed E-state index contributed by atoms with van der Waals surface area (Å²) in [6, 6.07) is 7.68. The fraction of sp³-hybridized carbons (Fsp3) is 0.554. The largest absolute Gasteiger partial charge is 0.370 e. The number of hydrogen-bond donors (Lipinski definition) is 14. The van der Waals surface area contributed by atoms with Crippen LogP contribution in [0.3, 0.4) is 0 Å². The Kier molecular flexibility index (Phi) is 27.7. The number of primary amides is 1. The maximum atomic E-state index is 15.0. The number of carbonyl (C=O) groups is 7. The summed E-state index contributed by atoms with van der Waals surface area (Å²) in [6.07, 6.45) is 13.4. The molecule has 23 heteroatoms. The van der Waals surface area contributed by atoms with Crippen molar-refractivity contribution < 1.29 is 33.6 Å². The first-order valence-corrected chi connectivity index (χ1v) is 28.0. The Morgan fingerprint density at radius 2 is 0.949 bits per heavy atom. The molecule has 2 aromatic heterocycles. The second-order valence-electron chi connectivity index (χ2n) is 20.3. The topological polar surface area (TPSA) is 404 Å². The molecule has 0 saturated carbocycles. The van der Waals surface area contributed by atoms with Gasteiger partial charge in [-0.05, 0) is 87.1 Å². The molecule has 20 N–H and O–H groups in total. The number of hydrogen-bond acceptors (Lipinski definition) is 10. The quantitative estimate of drug-likeness (QED) is 0.0175. The molecule has 7 atom stereocenters. The summed E-state index contributed by atoms with van der Waals surface area (Å²) >= 11 is 0. The van der Waals surface area contributed by atoms with Crippen LogP contribution in [0.15, 0.2) is 70.9 Å². The number of para-hydroxylation sites is 2. The van der Waals surface area contributed by atoms with Gasteiger partial charge in [0.15, 0.2) is 11.9 Å². The summed E-state index contributed by atoms with van der Waals surface area (Å²) in [5.74, 6) is -5.30. The first-order valence-electron chi connectivity index (χ1n) is 28.0. The van der Waals surface area contributed by atoms with Crippen LogP contribution in [-0.4, -0.2) is 119 Å². The number of aliphatic imine (C=N–C) groups is 2. The summed E-state index contributed by atoms with van der Waals surface area (Å²) in [5, 5.41) is 18.7. The summed E-state index contributed by atoms with van der Waals surface area (Å²) in [7, 11) is 0. The third-order valence-corrected chi connectivity index (χ3v) is 14.0. The van der Waals surface area contributed by atoms with Crippen LogP contribution in [0.5, 0.6) is 0 Å². The molecule has 2 aromatic carbocycles. The van der Waals surface area contributed by atoms with E-state index in [1.165, 1.54) is 6.42 Å². The van der Waals surface area contributed by atoms with E-state index < -0.39 is 77.6 Å². The third-order valence-electron chi connectivity index (χ3n) is 14.0. The maximum Gasteiger partial charge on any atom is 0.243 e. The molecule has 0 fully saturated rings. The smallest absolute Gasteiger partial charge is 0.243 e. The number of fused-ring (bicyclic) bond motifs is 2. The Balaban J connectivity index is 1.65. The minimum absolute atomic E-state index is 0.0343. The van der Waals surface area contributed by atoms with Gasteiger partial charge in [-0.1, -0.05) is 102 Å². The molecule has 23 nitrogen and oxygen atoms in total. The number of nitrogens with two attached hydrogens (primary N) is 6. The molecule has 434 valence electrons. The fourth-order valence-corrected chi connectivity index (χ4v) is 9.33. The first kappa shape index (κ1) is 63.8. The van der Waals surface area contributed by atoms with Crippen molar-refractivity contribution in [3.05, 3.63) is 72.1 Å². The van der Waals surface area contributed by atoms with Gasteiger partial charge in [0, 0.05) is 66.6 Å². The van der Waals surface area contributed by atoms with E-state index in [-0.39, 0.29) is 75.9 Å². The lowest BCUT2D eigenvalue weighted by molar-refractivity contribution is -0.136. The zero-order chi connectivity index (χ0) is 57.7. The van der Waals surface area contributed by atoms with Crippen molar-refractivity contribution in [3.63, 3.8) is 0 Å². The summed E-state index contributed by atoms with van der Waals surface area (Å²) in [4.78, 5) is 113. The number of unbranched alkanes of at least 4 members (excludes halogenated alkanes) is 7. The minimum Gasteiger partial charge on any atom is -0.370 e. The molecule has 0 saturated heterocycles. The zero-order valence-electron chi connectivity index (χ0n) is 46.4. The van der Waals surface area contributed by atoms with Crippen LogP contribution in [0, 0.1) is 5.92 Å². The van der Waals surface area contributed by atoms with Crippen molar-refractivity contribution in [2.24, 2.45) is 50.3 Å². The molecule has 0 radical (unpaired) electrons. The second kappa shape index (κ2) is 34.2. The molecule has 4 rings (SSSR count). The van der Waals surface area contributed by atoms with Crippen LogP contribution >= 0.6 is 0 Å². The SMILES string of the molecule is CCCCCCCCCC(=O)N[C@@H](CCCCN)C(=O)N[C@@H](CCCN=C(N)N)C(=O)N[C@H](C(=O)N[C@@H](Cc1c[nH]c2ccccc12)C(=O)N[C@@H](Cc1c[nH]c2ccccc12)C(=O)N[C@@H](CCCN=C(N)N)C(N)=O)[C@@H](C)CC. The van der Waals surface area contributed by atoms with E-state index in [1.54, 1.807) is 19.3 Å². The monoisotopic (exact) mass is 1100 g/mol. The standard InChI is InChI=1S/C56H88N16O7/c1-4-6-7-8-9-10-11-27-47(73)67-43(24-16-17-28-57)50(75)69-44(26-19-30-64-56(61)62)51(76)72-48(35(3)5-2)54(79)71-46(32-37-34-66-41-23-15-13-21-39(37)41)53(78)70-45(31-36-33-65-40-22-14-12-20-38(36)40)52(77)68-42(49(58)74)25-18-29-63-55(59)60/h12-15,20-23,33-35,42-46,48,65-66H,4-11,16-19,24-32,57H2,1-3H3,(H2,58,74)(H,67,73)(H,68,77)(H,69,75)(H,70,78)(H,71,79)(H,72,76)(H4,59,60,63)(H4,61,62,64)/t35-,42-,43-,44-,45-,46-,48-/m0/s1. The van der Waals surface area contributed by atoms with E-state index in [2.05, 4.69) is 58.8 Å². The van der Waals surface area contributed by atoms with Crippen molar-refractivity contribution in [2.45, 2.75) is 173 Å². The summed E-state index contributed by atoms with van der Waals surface area (Å²) in [5.41, 5.74) is 36.6. The van der Waals surface area contributed by atoms with E-state index in [9.17, 15) is 33.6 Å². The van der Waals surface area contributed by atoms with E-state index >= 15 is 0 Å². The Morgan fingerprint density at radius 3 is 1.47 bits per heavy atom. The van der Waals surface area contributed by atoms with E-state index in [4.69, 9.17) is 34.4 Å². The highest BCUT2D eigenvalue weighted by molar-refractivity contribution is 5.98. The molecule has 0 aliphatic rings. The van der Waals surface area contributed by atoms with E-state index in [0.29, 0.717) is 49.8 Å². The first-order chi connectivity index (χ1) is 37.9. The van der Waals surface area contributed by atoms with Crippen LogP contribution in [0.4, 0.5) is 0 Å². The molecule has 7 amide bonds. The number of nitrogens with one attached hydrogen (secondary N) is 8. The average Bonchev–Trinajstić information content (AvgIpc) is 4.09. The Labute approximate surface area is 463 Å². The molecule has 0 spiro atoms. The number of H-pyrrole nitrogens is 2. The van der Waals surface area contributed by atoms with Gasteiger partial charge in [-0.3, -0.25) is 43.5 Å². The normalized spacial score (nSPS) is 13.9. The van der Waals surface area contributed by atoms with Crippen LogP contribution in [0.25, 0.3) is 21.8 Å². The van der Waals surface area contributed by atoms with Gasteiger partial charge in [0.25, 0.3) is 0 Å². The van der Waals surface area contributed by atoms with Crippen molar-refractivity contribution >= 4 is 75.1 Å². The Hall–Kier alpha value is -7.69.